The van der Waals surface area contributed by atoms with E-state index in [-0.39, 0.29) is 6.54 Å². The van der Waals surface area contributed by atoms with Crippen LogP contribution in [-0.4, -0.2) is 18.6 Å². The lowest BCUT2D eigenvalue weighted by Crippen LogP contribution is -2.33. The van der Waals surface area contributed by atoms with Crippen molar-refractivity contribution in [2.45, 2.75) is 6.18 Å². The van der Waals surface area contributed by atoms with Crippen molar-refractivity contribution >= 4 is 5.91 Å². The first-order valence-electron chi connectivity index (χ1n) is 2.53. The van der Waals surface area contributed by atoms with Crippen LogP contribution in [0.25, 0.3) is 0 Å². The average Bonchev–Trinajstić information content (AvgIpc) is 1.86. The van der Waals surface area contributed by atoms with Crippen LogP contribution in [-0.2, 0) is 4.79 Å². The number of nitrogens with one attached hydrogen (secondary N) is 1. The molecule has 6 heteroatoms. The Labute approximate surface area is 60.7 Å². The first-order valence-corrected chi connectivity index (χ1v) is 2.53. The monoisotopic (exact) mass is 166 g/mol. The van der Waals surface area contributed by atoms with Gasteiger partial charge in [-0.25, -0.2) is 0 Å². The minimum Gasteiger partial charge on any atom is -0.320 e. The van der Waals surface area contributed by atoms with E-state index in [2.05, 4.69) is 0 Å². The van der Waals surface area contributed by atoms with E-state index in [1.807, 2.05) is 5.92 Å². The number of halogens is 3. The van der Waals surface area contributed by atoms with E-state index in [0.29, 0.717) is 0 Å². The molecule has 0 aliphatic heterocycles. The highest BCUT2D eigenvalue weighted by atomic mass is 19.4. The minimum atomic E-state index is -4.89. The number of carbonyl (C=O) groups is 1. The predicted molar refractivity (Wildman–Crippen MR) is 31.0 cm³/mol. The highest BCUT2D eigenvalue weighted by Crippen LogP contribution is 2.13. The van der Waals surface area contributed by atoms with E-state index in [1.54, 1.807) is 6.04 Å². The summed E-state index contributed by atoms with van der Waals surface area (Å²) >= 11 is 0. The SMILES string of the molecule is NCC#CNC(=O)C(F)(F)F. The van der Waals surface area contributed by atoms with E-state index in [9.17, 15) is 18.0 Å². The molecule has 0 rings (SSSR count). The van der Waals surface area contributed by atoms with Gasteiger partial charge in [0.2, 0.25) is 0 Å². The molecule has 0 radical (unpaired) electrons. The van der Waals surface area contributed by atoms with Gasteiger partial charge >= 0.3 is 12.1 Å². The van der Waals surface area contributed by atoms with Crippen LogP contribution >= 0.6 is 0 Å². The van der Waals surface area contributed by atoms with E-state index in [0.717, 1.165) is 0 Å². The second kappa shape index (κ2) is 3.83. The molecular weight excluding hydrogens is 161 g/mol. The maximum Gasteiger partial charge on any atom is 0.472 e. The molecule has 0 aromatic rings. The molecule has 0 aromatic carbocycles. The molecular formula is C5H5F3N2O. The number of hydrogen-bond donors (Lipinski definition) is 2. The van der Waals surface area contributed by atoms with Gasteiger partial charge < -0.3 is 5.73 Å². The van der Waals surface area contributed by atoms with Gasteiger partial charge in [0.15, 0.2) is 0 Å². The maximum absolute atomic E-state index is 11.4. The second-order valence-electron chi connectivity index (χ2n) is 1.46. The lowest BCUT2D eigenvalue weighted by atomic mass is 10.6. The van der Waals surface area contributed by atoms with Crippen molar-refractivity contribution in [3.05, 3.63) is 0 Å². The van der Waals surface area contributed by atoms with Crippen LogP contribution in [0.15, 0.2) is 0 Å². The van der Waals surface area contributed by atoms with Gasteiger partial charge in [-0.15, -0.1) is 0 Å². The Balaban J connectivity index is 3.90. The molecule has 0 unspecified atom stereocenters. The Morgan fingerprint density at radius 1 is 1.55 bits per heavy atom. The molecule has 0 aromatic heterocycles. The van der Waals surface area contributed by atoms with Crippen molar-refractivity contribution in [1.29, 1.82) is 0 Å². The summed E-state index contributed by atoms with van der Waals surface area (Å²) in [5.74, 6) is -0.0377. The smallest absolute Gasteiger partial charge is 0.320 e. The van der Waals surface area contributed by atoms with Crippen molar-refractivity contribution < 1.29 is 18.0 Å². The third-order valence-corrected chi connectivity index (χ3v) is 0.624. The fourth-order valence-corrected chi connectivity index (χ4v) is 0.223. The van der Waals surface area contributed by atoms with Crippen molar-refractivity contribution in [3.8, 4) is 12.0 Å². The predicted octanol–water partition coefficient (Wildman–Crippen LogP) is -0.416. The van der Waals surface area contributed by atoms with Crippen molar-refractivity contribution in [2.24, 2.45) is 5.73 Å². The van der Waals surface area contributed by atoms with Crippen LogP contribution in [0.1, 0.15) is 0 Å². The number of hydrogen-bond acceptors (Lipinski definition) is 2. The van der Waals surface area contributed by atoms with Gasteiger partial charge in [0.25, 0.3) is 0 Å². The molecule has 11 heavy (non-hydrogen) atoms. The molecule has 0 aliphatic rings. The van der Waals surface area contributed by atoms with E-state index in [1.165, 1.54) is 5.32 Å². The van der Waals surface area contributed by atoms with Crippen LogP contribution in [0, 0.1) is 12.0 Å². The van der Waals surface area contributed by atoms with Gasteiger partial charge in [-0.3, -0.25) is 10.1 Å². The molecule has 0 heterocycles. The Hall–Kier alpha value is -1.22. The zero-order chi connectivity index (χ0) is 8.91. The fraction of sp³-hybridized carbons (Fsp3) is 0.400. The molecule has 62 valence electrons. The Morgan fingerprint density at radius 2 is 2.09 bits per heavy atom. The first kappa shape index (κ1) is 9.78. The second-order valence-corrected chi connectivity index (χ2v) is 1.46. The average molecular weight is 166 g/mol. The molecule has 0 saturated heterocycles. The van der Waals surface area contributed by atoms with Crippen LogP contribution in [0.2, 0.25) is 0 Å². The van der Waals surface area contributed by atoms with Crippen molar-refractivity contribution in [2.75, 3.05) is 6.54 Å². The van der Waals surface area contributed by atoms with Gasteiger partial charge in [-0.1, -0.05) is 5.92 Å². The van der Waals surface area contributed by atoms with Crippen LogP contribution in [0.5, 0.6) is 0 Å². The van der Waals surface area contributed by atoms with Crippen LogP contribution < -0.4 is 11.1 Å². The zero-order valence-corrected chi connectivity index (χ0v) is 5.33. The number of carbonyl (C=O) groups excluding carboxylic acids is 1. The standard InChI is InChI=1S/C5H5F3N2O/c6-5(7,8)4(11)10-3-1-2-9/h2,9H2,(H,10,11). The van der Waals surface area contributed by atoms with Gasteiger partial charge in [-0.2, -0.15) is 13.2 Å². The molecule has 0 atom stereocenters. The van der Waals surface area contributed by atoms with E-state index in [4.69, 9.17) is 5.73 Å². The largest absolute Gasteiger partial charge is 0.472 e. The first-order chi connectivity index (χ1) is 4.98. The van der Waals surface area contributed by atoms with Gasteiger partial charge in [-0.05, 0) is 0 Å². The summed E-state index contributed by atoms with van der Waals surface area (Å²) in [6.07, 6.45) is -4.89. The van der Waals surface area contributed by atoms with Crippen LogP contribution in [0.3, 0.4) is 0 Å². The molecule has 0 saturated carbocycles. The van der Waals surface area contributed by atoms with Gasteiger partial charge in [0.05, 0.1) is 6.54 Å². The number of alkyl halides is 3. The molecule has 0 fully saturated rings. The lowest BCUT2D eigenvalue weighted by Gasteiger charge is -2.00. The lowest BCUT2D eigenvalue weighted by molar-refractivity contribution is -0.172. The molecule has 0 aliphatic carbocycles. The molecule has 3 nitrogen and oxygen atoms in total. The highest BCUT2D eigenvalue weighted by Gasteiger charge is 2.38. The Bertz CT molecular complexity index is 200. The van der Waals surface area contributed by atoms with Gasteiger partial charge in [0, 0.05) is 6.04 Å². The normalized spacial score (nSPS) is 9.82. The number of nitrogens with two attached hydrogens (primary N) is 1. The van der Waals surface area contributed by atoms with Crippen molar-refractivity contribution in [3.63, 3.8) is 0 Å². The van der Waals surface area contributed by atoms with Crippen LogP contribution in [0.4, 0.5) is 13.2 Å². The third-order valence-electron chi connectivity index (χ3n) is 0.624. The Morgan fingerprint density at radius 3 is 2.45 bits per heavy atom. The fourth-order valence-electron chi connectivity index (χ4n) is 0.223. The van der Waals surface area contributed by atoms with Crippen molar-refractivity contribution in [1.82, 2.24) is 5.32 Å². The Kier molecular flexibility index (Phi) is 3.40. The van der Waals surface area contributed by atoms with E-state index >= 15 is 0 Å². The topological polar surface area (TPSA) is 55.1 Å². The molecule has 0 bridgehead atoms. The minimum absolute atomic E-state index is 0.0991. The summed E-state index contributed by atoms with van der Waals surface area (Å²) < 4.78 is 34.1. The molecule has 0 spiro atoms. The quantitative estimate of drug-likeness (QED) is 0.379. The van der Waals surface area contributed by atoms with Gasteiger partial charge in [0.1, 0.15) is 0 Å². The summed E-state index contributed by atoms with van der Waals surface area (Å²) in [4.78, 5) is 9.96. The highest BCUT2D eigenvalue weighted by molar-refractivity contribution is 5.83. The number of amides is 1. The number of rotatable bonds is 0. The van der Waals surface area contributed by atoms with E-state index < -0.39 is 12.1 Å². The molecule has 3 N–H and O–H groups in total. The summed E-state index contributed by atoms with van der Waals surface area (Å²) in [5, 5.41) is 1.32. The third kappa shape index (κ3) is 4.22. The summed E-state index contributed by atoms with van der Waals surface area (Å²) in [6.45, 7) is -0.0991. The summed E-state index contributed by atoms with van der Waals surface area (Å²) in [6, 6.07) is 1.75. The summed E-state index contributed by atoms with van der Waals surface area (Å²) in [5.41, 5.74) is 4.82. The maximum atomic E-state index is 11.4. The summed E-state index contributed by atoms with van der Waals surface area (Å²) in [7, 11) is 0. The zero-order valence-electron chi connectivity index (χ0n) is 5.33. The molecule has 1 amide bonds.